The summed E-state index contributed by atoms with van der Waals surface area (Å²) >= 11 is 0. The normalized spacial score (nSPS) is 17.9. The summed E-state index contributed by atoms with van der Waals surface area (Å²) in [7, 11) is 0. The molecule has 1 fully saturated rings. The van der Waals surface area contributed by atoms with Crippen LogP contribution in [-0.4, -0.2) is 65.8 Å². The zero-order valence-electron chi connectivity index (χ0n) is 16.2. The van der Waals surface area contributed by atoms with Gasteiger partial charge in [-0.1, -0.05) is 30.3 Å². The van der Waals surface area contributed by atoms with Crippen LogP contribution < -0.4 is 0 Å². The largest absolute Gasteiger partial charge is 0.341 e. The number of nitrogens with zero attached hydrogens (tertiary/aromatic N) is 3. The van der Waals surface area contributed by atoms with E-state index in [1.54, 1.807) is 0 Å². The van der Waals surface area contributed by atoms with Crippen molar-refractivity contribution in [1.29, 1.82) is 0 Å². The Labute approximate surface area is 162 Å². The van der Waals surface area contributed by atoms with Gasteiger partial charge in [-0.05, 0) is 30.4 Å². The van der Waals surface area contributed by atoms with Crippen LogP contribution in [0.1, 0.15) is 36.8 Å². The van der Waals surface area contributed by atoms with Crippen LogP contribution in [0.15, 0.2) is 36.9 Å². The third kappa shape index (κ3) is 5.42. The van der Waals surface area contributed by atoms with E-state index in [1.807, 2.05) is 21.9 Å². The smallest absolute Gasteiger partial charge is 0.222 e. The lowest BCUT2D eigenvalue weighted by Gasteiger charge is -2.29. The number of benzene rings is 1. The van der Waals surface area contributed by atoms with E-state index in [0.29, 0.717) is 25.8 Å². The molecule has 0 spiro atoms. The molecule has 5 heteroatoms. The summed E-state index contributed by atoms with van der Waals surface area (Å²) in [6, 6.07) is 8.34. The average molecular weight is 370 g/mol. The molecule has 2 heterocycles. The van der Waals surface area contributed by atoms with Crippen LogP contribution in [-0.2, 0) is 22.6 Å². The van der Waals surface area contributed by atoms with Crippen molar-refractivity contribution in [1.82, 2.24) is 14.7 Å². The van der Waals surface area contributed by atoms with E-state index in [1.165, 1.54) is 11.1 Å². The molecule has 1 saturated heterocycles. The zero-order valence-corrected chi connectivity index (χ0v) is 16.2. The van der Waals surface area contributed by atoms with Crippen LogP contribution in [0.2, 0.25) is 0 Å². The highest BCUT2D eigenvalue weighted by Gasteiger charge is 2.21. The van der Waals surface area contributed by atoms with E-state index in [2.05, 4.69) is 29.7 Å². The van der Waals surface area contributed by atoms with Gasteiger partial charge in [-0.3, -0.25) is 14.5 Å². The first-order chi connectivity index (χ1) is 13.2. The Morgan fingerprint density at radius 3 is 2.44 bits per heavy atom. The van der Waals surface area contributed by atoms with Crippen molar-refractivity contribution in [3.05, 3.63) is 48.0 Å². The van der Waals surface area contributed by atoms with Crippen LogP contribution >= 0.6 is 0 Å². The molecule has 0 bridgehead atoms. The predicted molar refractivity (Wildman–Crippen MR) is 107 cm³/mol. The molecule has 0 aliphatic carbocycles. The van der Waals surface area contributed by atoms with Gasteiger partial charge in [0.15, 0.2) is 0 Å². The van der Waals surface area contributed by atoms with Crippen LogP contribution in [0.3, 0.4) is 0 Å². The zero-order chi connectivity index (χ0) is 19.1. The second-order valence-electron chi connectivity index (χ2n) is 7.51. The Hall–Kier alpha value is -2.14. The molecule has 0 unspecified atom stereocenters. The van der Waals surface area contributed by atoms with Crippen molar-refractivity contribution in [2.75, 3.05) is 39.3 Å². The lowest BCUT2D eigenvalue weighted by molar-refractivity contribution is -0.133. The highest BCUT2D eigenvalue weighted by atomic mass is 16.2. The second-order valence-corrected chi connectivity index (χ2v) is 7.51. The molecule has 2 aliphatic heterocycles. The van der Waals surface area contributed by atoms with Crippen molar-refractivity contribution in [2.45, 2.75) is 38.6 Å². The maximum absolute atomic E-state index is 12.5. The first kappa shape index (κ1) is 19.6. The Morgan fingerprint density at radius 1 is 0.926 bits per heavy atom. The van der Waals surface area contributed by atoms with Crippen molar-refractivity contribution in [2.24, 2.45) is 0 Å². The number of hydrogen-bond donors (Lipinski definition) is 0. The Morgan fingerprint density at radius 2 is 1.67 bits per heavy atom. The van der Waals surface area contributed by atoms with Crippen LogP contribution in [0.5, 0.6) is 0 Å². The fourth-order valence-electron chi connectivity index (χ4n) is 4.00. The molecule has 27 heavy (non-hydrogen) atoms. The van der Waals surface area contributed by atoms with Gasteiger partial charge < -0.3 is 9.80 Å². The molecule has 0 N–H and O–H groups in total. The molecule has 1 aromatic rings. The van der Waals surface area contributed by atoms with Crippen LogP contribution in [0.4, 0.5) is 0 Å². The molecular weight excluding hydrogens is 338 g/mol. The predicted octanol–water partition coefficient (Wildman–Crippen LogP) is 2.46. The van der Waals surface area contributed by atoms with E-state index in [4.69, 9.17) is 0 Å². The lowest BCUT2D eigenvalue weighted by atomic mass is 9.99. The first-order valence-corrected chi connectivity index (χ1v) is 10.1. The quantitative estimate of drug-likeness (QED) is 0.724. The molecule has 146 valence electrons. The second kappa shape index (κ2) is 9.70. The fourth-order valence-corrected chi connectivity index (χ4v) is 4.00. The monoisotopic (exact) mass is 369 g/mol. The van der Waals surface area contributed by atoms with Gasteiger partial charge in [-0.25, -0.2) is 0 Å². The van der Waals surface area contributed by atoms with Crippen molar-refractivity contribution in [3.8, 4) is 0 Å². The molecule has 0 radical (unpaired) electrons. The first-order valence-electron chi connectivity index (χ1n) is 10.1. The molecule has 1 aromatic carbocycles. The Bertz CT molecular complexity index is 673. The van der Waals surface area contributed by atoms with E-state index >= 15 is 0 Å². The van der Waals surface area contributed by atoms with Gasteiger partial charge in [0.2, 0.25) is 11.8 Å². The lowest BCUT2D eigenvalue weighted by Crippen LogP contribution is -2.36. The van der Waals surface area contributed by atoms with Gasteiger partial charge in [-0.2, -0.15) is 0 Å². The number of rotatable bonds is 6. The average Bonchev–Trinajstić information content (AvgIpc) is 2.93. The van der Waals surface area contributed by atoms with E-state index in [9.17, 15) is 9.59 Å². The molecule has 2 amide bonds. The SMILES string of the molecule is C=CCN1CCCN(C(=O)CCCC(=O)N2CCc3ccccc3C2)CC1. The van der Waals surface area contributed by atoms with Gasteiger partial charge >= 0.3 is 0 Å². The summed E-state index contributed by atoms with van der Waals surface area (Å²) in [4.78, 5) is 31.3. The minimum absolute atomic E-state index is 0.172. The summed E-state index contributed by atoms with van der Waals surface area (Å²) < 4.78 is 0. The molecule has 3 rings (SSSR count). The maximum Gasteiger partial charge on any atom is 0.222 e. The highest BCUT2D eigenvalue weighted by molar-refractivity contribution is 5.79. The molecule has 0 saturated carbocycles. The number of amides is 2. The van der Waals surface area contributed by atoms with Gasteiger partial charge in [0, 0.05) is 58.7 Å². The summed E-state index contributed by atoms with van der Waals surface area (Å²) in [6.45, 7) is 9.69. The highest BCUT2D eigenvalue weighted by Crippen LogP contribution is 2.19. The molecule has 5 nitrogen and oxygen atoms in total. The summed E-state index contributed by atoms with van der Waals surface area (Å²) in [5.41, 5.74) is 2.60. The molecular formula is C22H31N3O2. The van der Waals surface area contributed by atoms with E-state index < -0.39 is 0 Å². The number of hydrogen-bond acceptors (Lipinski definition) is 3. The fraction of sp³-hybridized carbons (Fsp3) is 0.545. The third-order valence-electron chi connectivity index (χ3n) is 5.59. The van der Waals surface area contributed by atoms with E-state index in [-0.39, 0.29) is 11.8 Å². The molecule has 0 atom stereocenters. The van der Waals surface area contributed by atoms with Gasteiger partial charge in [0.1, 0.15) is 0 Å². The van der Waals surface area contributed by atoms with Gasteiger partial charge in [-0.15, -0.1) is 6.58 Å². The standard InChI is InChI=1S/C22H31N3O2/c1-2-12-23-13-6-14-24(17-16-23)21(26)9-5-10-22(27)25-15-11-19-7-3-4-8-20(19)18-25/h2-4,7-8H,1,5-6,9-18H2. The minimum Gasteiger partial charge on any atom is -0.341 e. The van der Waals surface area contributed by atoms with Crippen molar-refractivity contribution < 1.29 is 9.59 Å². The van der Waals surface area contributed by atoms with E-state index in [0.717, 1.165) is 52.1 Å². The molecule has 2 aliphatic rings. The van der Waals surface area contributed by atoms with Crippen LogP contribution in [0, 0.1) is 0 Å². The molecule has 0 aromatic heterocycles. The van der Waals surface area contributed by atoms with Crippen LogP contribution in [0.25, 0.3) is 0 Å². The number of carbonyl (C=O) groups excluding carboxylic acids is 2. The Kier molecular flexibility index (Phi) is 7.04. The summed E-state index contributed by atoms with van der Waals surface area (Å²) in [6.07, 6.45) is 5.42. The van der Waals surface area contributed by atoms with Crippen molar-refractivity contribution in [3.63, 3.8) is 0 Å². The third-order valence-corrected chi connectivity index (χ3v) is 5.59. The summed E-state index contributed by atoms with van der Waals surface area (Å²) in [5.74, 6) is 0.359. The topological polar surface area (TPSA) is 43.9 Å². The van der Waals surface area contributed by atoms with Gasteiger partial charge in [0.05, 0.1) is 0 Å². The number of carbonyl (C=O) groups is 2. The van der Waals surface area contributed by atoms with Crippen molar-refractivity contribution >= 4 is 11.8 Å². The Balaban J connectivity index is 1.40. The minimum atomic E-state index is 0.172. The number of fused-ring (bicyclic) bond motifs is 1. The summed E-state index contributed by atoms with van der Waals surface area (Å²) in [5, 5.41) is 0. The maximum atomic E-state index is 12.5. The van der Waals surface area contributed by atoms with Gasteiger partial charge in [0.25, 0.3) is 0 Å².